The van der Waals surface area contributed by atoms with Crippen molar-refractivity contribution in [1.29, 1.82) is 0 Å². The Bertz CT molecular complexity index is 4120. The number of fused-ring (bicyclic) bond motifs is 8. The van der Waals surface area contributed by atoms with Gasteiger partial charge in [-0.2, -0.15) is 0 Å². The molecule has 14 rings (SSSR count). The minimum absolute atomic E-state index is 0.559. The highest BCUT2D eigenvalue weighted by atomic mass is 15.1. The molecule has 0 saturated carbocycles. The van der Waals surface area contributed by atoms with Gasteiger partial charge in [0.05, 0.1) is 27.8 Å². The molecule has 1 heterocycles. The molecule has 0 saturated heterocycles. The van der Waals surface area contributed by atoms with Crippen LogP contribution in [0.25, 0.3) is 82.4 Å². The van der Waals surface area contributed by atoms with E-state index in [1.165, 1.54) is 99.1 Å². The number of rotatable bonds is 8. The Hall–Kier alpha value is -9.24. The van der Waals surface area contributed by atoms with Crippen molar-refractivity contribution < 1.29 is 0 Å². The quantitative estimate of drug-likeness (QED) is 0.147. The average Bonchev–Trinajstić information content (AvgIpc) is 3.94. The summed E-state index contributed by atoms with van der Waals surface area (Å²) in [6, 6.07) is 103. The molecule has 13 aromatic rings. The molecule has 0 aliphatic heterocycles. The van der Waals surface area contributed by atoms with Crippen molar-refractivity contribution >= 4 is 60.4 Å². The first-order chi connectivity index (χ1) is 35.2. The van der Waals surface area contributed by atoms with Crippen LogP contribution in [0.2, 0.25) is 0 Å². The summed E-state index contributed by atoms with van der Waals surface area (Å²) in [6.07, 6.45) is 0. The Labute approximate surface area is 413 Å². The maximum atomic E-state index is 2.55. The van der Waals surface area contributed by atoms with E-state index in [9.17, 15) is 0 Å². The summed E-state index contributed by atoms with van der Waals surface area (Å²) in [7, 11) is 0. The van der Waals surface area contributed by atoms with Gasteiger partial charge in [-0.05, 0) is 115 Å². The number of nitrogens with zero attached hydrogens (tertiary/aromatic N) is 2. The normalized spacial score (nSPS) is 12.6. The molecule has 0 fully saturated rings. The SMILES string of the molecule is c1ccc(C2(c3ccccc3)c3ccccc3-c3cccc(-n4c5ccccc5c5ccc(-c6ccccc6-c6ccc(N(c7ccc8ccccc8c7)c7cccc8ccccc78)cc6)cc54)c32)cc1. The fraction of sp³-hybridized carbons (Fsp3) is 0.0145. The largest absolute Gasteiger partial charge is 0.310 e. The lowest BCUT2D eigenvalue weighted by molar-refractivity contribution is 0.762. The van der Waals surface area contributed by atoms with E-state index in [0.29, 0.717) is 0 Å². The summed E-state index contributed by atoms with van der Waals surface area (Å²) in [5.41, 5.74) is 18.7. The predicted molar refractivity (Wildman–Crippen MR) is 299 cm³/mol. The first-order valence-electron chi connectivity index (χ1n) is 24.6. The van der Waals surface area contributed by atoms with Crippen LogP contribution in [0.5, 0.6) is 0 Å². The van der Waals surface area contributed by atoms with Gasteiger partial charge in [-0.25, -0.2) is 0 Å². The highest BCUT2D eigenvalue weighted by Crippen LogP contribution is 2.58. The van der Waals surface area contributed by atoms with Crippen molar-refractivity contribution in [2.45, 2.75) is 5.41 Å². The van der Waals surface area contributed by atoms with E-state index in [-0.39, 0.29) is 0 Å². The van der Waals surface area contributed by atoms with E-state index in [1.54, 1.807) is 0 Å². The van der Waals surface area contributed by atoms with Crippen molar-refractivity contribution in [3.63, 3.8) is 0 Å². The Kier molecular flexibility index (Phi) is 9.47. The molecule has 1 aliphatic rings. The van der Waals surface area contributed by atoms with Crippen molar-refractivity contribution in [3.05, 3.63) is 301 Å². The van der Waals surface area contributed by atoms with Crippen LogP contribution in [-0.2, 0) is 5.41 Å². The second-order valence-electron chi connectivity index (χ2n) is 18.8. The molecular weight excluding hydrogens is 857 g/mol. The van der Waals surface area contributed by atoms with Gasteiger partial charge in [0.15, 0.2) is 0 Å². The zero-order chi connectivity index (χ0) is 46.9. The summed E-state index contributed by atoms with van der Waals surface area (Å²) in [4.78, 5) is 2.40. The minimum atomic E-state index is -0.559. The van der Waals surface area contributed by atoms with E-state index < -0.39 is 5.41 Å². The van der Waals surface area contributed by atoms with Gasteiger partial charge in [-0.1, -0.05) is 231 Å². The smallest absolute Gasteiger partial charge is 0.0734 e. The summed E-state index contributed by atoms with van der Waals surface area (Å²) < 4.78 is 2.55. The van der Waals surface area contributed by atoms with Crippen molar-refractivity contribution in [2.75, 3.05) is 4.90 Å². The summed E-state index contributed by atoms with van der Waals surface area (Å²) in [5.74, 6) is 0. The third kappa shape index (κ3) is 6.35. The lowest BCUT2D eigenvalue weighted by Gasteiger charge is -2.35. The number of hydrogen-bond acceptors (Lipinski definition) is 1. The highest BCUT2D eigenvalue weighted by molar-refractivity contribution is 6.11. The Morgan fingerprint density at radius 2 is 0.859 bits per heavy atom. The molecule has 0 atom stereocenters. The van der Waals surface area contributed by atoms with E-state index in [4.69, 9.17) is 0 Å². The first kappa shape index (κ1) is 40.8. The van der Waals surface area contributed by atoms with Gasteiger partial charge in [0.25, 0.3) is 0 Å². The Balaban J connectivity index is 0.940. The zero-order valence-corrected chi connectivity index (χ0v) is 39.0. The van der Waals surface area contributed by atoms with E-state index in [0.717, 1.165) is 22.6 Å². The molecular formula is C69H46N2. The average molecular weight is 903 g/mol. The molecule has 0 amide bonds. The second kappa shape index (κ2) is 16.5. The molecule has 1 aromatic heterocycles. The zero-order valence-electron chi connectivity index (χ0n) is 39.0. The van der Waals surface area contributed by atoms with Crippen LogP contribution in [0.4, 0.5) is 17.1 Å². The number of para-hydroxylation sites is 1. The van der Waals surface area contributed by atoms with E-state index in [1.807, 2.05) is 0 Å². The van der Waals surface area contributed by atoms with Crippen LogP contribution in [-0.4, -0.2) is 4.57 Å². The maximum absolute atomic E-state index is 2.55. The highest BCUT2D eigenvalue weighted by Gasteiger charge is 2.48. The van der Waals surface area contributed by atoms with E-state index in [2.05, 4.69) is 289 Å². The van der Waals surface area contributed by atoms with Crippen molar-refractivity contribution in [3.8, 4) is 39.1 Å². The van der Waals surface area contributed by atoms with Crippen LogP contribution in [0.15, 0.2) is 279 Å². The molecule has 1 aliphatic carbocycles. The van der Waals surface area contributed by atoms with Crippen molar-refractivity contribution in [1.82, 2.24) is 4.57 Å². The molecule has 2 heteroatoms. The molecule has 0 bridgehead atoms. The van der Waals surface area contributed by atoms with Gasteiger partial charge in [0.1, 0.15) is 0 Å². The van der Waals surface area contributed by atoms with Gasteiger partial charge < -0.3 is 9.47 Å². The maximum Gasteiger partial charge on any atom is 0.0734 e. The minimum Gasteiger partial charge on any atom is -0.310 e. The van der Waals surface area contributed by atoms with Gasteiger partial charge in [0.2, 0.25) is 0 Å². The van der Waals surface area contributed by atoms with Crippen molar-refractivity contribution in [2.24, 2.45) is 0 Å². The third-order valence-electron chi connectivity index (χ3n) is 15.0. The van der Waals surface area contributed by atoms with Crippen LogP contribution < -0.4 is 4.90 Å². The Morgan fingerprint density at radius 3 is 1.63 bits per heavy atom. The third-order valence-corrected chi connectivity index (χ3v) is 15.0. The van der Waals surface area contributed by atoms with Gasteiger partial charge in [-0.15, -0.1) is 0 Å². The Morgan fingerprint density at radius 1 is 0.310 bits per heavy atom. The van der Waals surface area contributed by atoms with Gasteiger partial charge in [-0.3, -0.25) is 0 Å². The van der Waals surface area contributed by atoms with Crippen LogP contribution in [0, 0.1) is 0 Å². The summed E-state index contributed by atoms with van der Waals surface area (Å²) >= 11 is 0. The molecule has 12 aromatic carbocycles. The van der Waals surface area contributed by atoms with E-state index >= 15 is 0 Å². The number of anilines is 3. The summed E-state index contributed by atoms with van der Waals surface area (Å²) in [6.45, 7) is 0. The number of aromatic nitrogens is 1. The summed E-state index contributed by atoms with van der Waals surface area (Å²) in [5, 5.41) is 7.33. The van der Waals surface area contributed by atoms with Crippen LogP contribution >= 0.6 is 0 Å². The van der Waals surface area contributed by atoms with Gasteiger partial charge >= 0.3 is 0 Å². The van der Waals surface area contributed by atoms with Gasteiger partial charge in [0, 0.05) is 33.1 Å². The molecule has 0 spiro atoms. The lowest BCUT2D eigenvalue weighted by atomic mass is 9.67. The fourth-order valence-electron chi connectivity index (χ4n) is 12.0. The van der Waals surface area contributed by atoms with Crippen LogP contribution in [0.1, 0.15) is 22.3 Å². The predicted octanol–water partition coefficient (Wildman–Crippen LogP) is 18.3. The number of hydrogen-bond donors (Lipinski definition) is 0. The topological polar surface area (TPSA) is 8.17 Å². The molecule has 0 unspecified atom stereocenters. The molecule has 2 nitrogen and oxygen atoms in total. The molecule has 71 heavy (non-hydrogen) atoms. The molecule has 0 N–H and O–H groups in total. The fourth-order valence-corrected chi connectivity index (χ4v) is 12.0. The second-order valence-corrected chi connectivity index (χ2v) is 18.8. The standard InChI is InChI=1S/C69H46N2/c1-3-23-52(24-4-1)69(53-25-5-2-6-26-53)63-33-15-13-30-59(63)62-32-18-36-66(68(62)69)71-65-34-16-14-31-60(65)61-44-40-51(46-67(61)71)57-28-12-11-27-56(57)49-38-41-54(42-39-49)70(55-43-37-47-19-7-8-21-50(47)45-55)64-35-17-22-48-20-9-10-29-58(48)64/h1-46H. The molecule has 332 valence electrons. The lowest BCUT2D eigenvalue weighted by Crippen LogP contribution is -2.29. The molecule has 0 radical (unpaired) electrons. The van der Waals surface area contributed by atoms with Crippen LogP contribution in [0.3, 0.4) is 0 Å². The monoisotopic (exact) mass is 902 g/mol. The number of benzene rings is 12. The first-order valence-corrected chi connectivity index (χ1v) is 24.6.